The lowest BCUT2D eigenvalue weighted by Gasteiger charge is -2.30. The van der Waals surface area contributed by atoms with E-state index in [9.17, 15) is 18.0 Å². The average Bonchev–Trinajstić information content (AvgIpc) is 3.42. The summed E-state index contributed by atoms with van der Waals surface area (Å²) in [6.07, 6.45) is 0.858. The number of aryl methyl sites for hydroxylation is 2. The third-order valence-electron chi connectivity index (χ3n) is 7.41. The Morgan fingerprint density at radius 3 is 2.41 bits per heavy atom. The first-order chi connectivity index (χ1) is 19.6. The van der Waals surface area contributed by atoms with Crippen LogP contribution in [0.4, 0.5) is 5.69 Å². The predicted octanol–water partition coefficient (Wildman–Crippen LogP) is 5.71. The van der Waals surface area contributed by atoms with Crippen molar-refractivity contribution in [2.24, 2.45) is 11.0 Å². The number of fused-ring (bicyclic) bond motifs is 1. The number of hydrogen-bond acceptors (Lipinski definition) is 6. The van der Waals surface area contributed by atoms with Gasteiger partial charge in [-0.3, -0.25) is 9.59 Å². The molecule has 0 unspecified atom stereocenters. The maximum Gasteiger partial charge on any atom is 0.257 e. The molecule has 4 aromatic rings. The van der Waals surface area contributed by atoms with Crippen LogP contribution in [0.1, 0.15) is 46.8 Å². The predicted molar refractivity (Wildman–Crippen MR) is 164 cm³/mol. The standard InChI is InChI=1S/C31H32N4O4S2/c1-20-8-9-21(2)29(18-20)41(38,39)35-16-14-24(15-17-35)30(36)34-33-22(3)23-10-12-25(13-11-23)32-31(37)27-19-40-28-7-5-4-6-26(27)28/h4-13,18-19,24H,14-17H2,1-3H3,(H,32,37)(H,34,36)/b33-22-. The zero-order chi connectivity index (χ0) is 29.1. The van der Waals surface area contributed by atoms with E-state index < -0.39 is 10.0 Å². The molecule has 0 spiro atoms. The lowest BCUT2D eigenvalue weighted by Crippen LogP contribution is -2.42. The van der Waals surface area contributed by atoms with Gasteiger partial charge in [0.25, 0.3) is 5.91 Å². The van der Waals surface area contributed by atoms with E-state index in [1.807, 2.05) is 60.8 Å². The zero-order valence-corrected chi connectivity index (χ0v) is 24.8. The van der Waals surface area contributed by atoms with Crippen LogP contribution in [-0.2, 0) is 14.8 Å². The number of thiophene rings is 1. The molecule has 0 bridgehead atoms. The Labute approximate surface area is 244 Å². The Balaban J connectivity index is 1.15. The number of amides is 2. The molecule has 0 atom stereocenters. The van der Waals surface area contributed by atoms with E-state index in [-0.39, 0.29) is 30.8 Å². The van der Waals surface area contributed by atoms with Gasteiger partial charge in [-0.15, -0.1) is 11.3 Å². The van der Waals surface area contributed by atoms with Crippen LogP contribution in [0.3, 0.4) is 0 Å². The van der Waals surface area contributed by atoms with E-state index >= 15 is 0 Å². The minimum Gasteiger partial charge on any atom is -0.322 e. The first kappa shape index (κ1) is 28.7. The van der Waals surface area contributed by atoms with Gasteiger partial charge in [-0.2, -0.15) is 9.41 Å². The van der Waals surface area contributed by atoms with Crippen molar-refractivity contribution >= 4 is 54.7 Å². The lowest BCUT2D eigenvalue weighted by atomic mass is 9.98. The minimum atomic E-state index is -3.61. The highest BCUT2D eigenvalue weighted by Gasteiger charge is 2.33. The van der Waals surface area contributed by atoms with Crippen molar-refractivity contribution in [3.05, 3.63) is 94.4 Å². The van der Waals surface area contributed by atoms with Gasteiger partial charge in [-0.25, -0.2) is 13.8 Å². The third-order valence-corrected chi connectivity index (χ3v) is 10.4. The number of carbonyl (C=O) groups is 2. The number of piperidine rings is 1. The van der Waals surface area contributed by atoms with E-state index in [1.54, 1.807) is 32.0 Å². The number of sulfonamides is 1. The van der Waals surface area contributed by atoms with Crippen LogP contribution >= 0.6 is 11.3 Å². The monoisotopic (exact) mass is 588 g/mol. The third kappa shape index (κ3) is 6.24. The molecule has 3 aromatic carbocycles. The van der Waals surface area contributed by atoms with E-state index in [4.69, 9.17) is 0 Å². The Kier molecular flexibility index (Phi) is 8.35. The summed E-state index contributed by atoms with van der Waals surface area (Å²) >= 11 is 1.54. The summed E-state index contributed by atoms with van der Waals surface area (Å²) in [5.41, 5.74) is 6.98. The average molecular weight is 589 g/mol. The van der Waals surface area contributed by atoms with Crippen LogP contribution in [0.5, 0.6) is 0 Å². The van der Waals surface area contributed by atoms with Gasteiger partial charge in [0.15, 0.2) is 0 Å². The number of rotatable bonds is 7. The van der Waals surface area contributed by atoms with Crippen molar-refractivity contribution < 1.29 is 18.0 Å². The maximum atomic E-state index is 13.2. The molecule has 1 aromatic heterocycles. The molecular formula is C31H32N4O4S2. The molecule has 2 amide bonds. The summed E-state index contributed by atoms with van der Waals surface area (Å²) in [6, 6.07) is 20.5. The molecule has 2 N–H and O–H groups in total. The first-order valence-electron chi connectivity index (χ1n) is 13.4. The molecular weight excluding hydrogens is 556 g/mol. The summed E-state index contributed by atoms with van der Waals surface area (Å²) in [4.78, 5) is 25.9. The molecule has 2 heterocycles. The summed E-state index contributed by atoms with van der Waals surface area (Å²) in [6.45, 7) is 6.03. The second-order valence-corrected chi connectivity index (χ2v) is 13.1. The van der Waals surface area contributed by atoms with Crippen LogP contribution in [0.2, 0.25) is 0 Å². The largest absolute Gasteiger partial charge is 0.322 e. The fourth-order valence-electron chi connectivity index (χ4n) is 4.92. The quantitative estimate of drug-likeness (QED) is 0.213. The minimum absolute atomic E-state index is 0.166. The number of hydrogen-bond donors (Lipinski definition) is 2. The van der Waals surface area contributed by atoms with Gasteiger partial charge in [0, 0.05) is 40.2 Å². The van der Waals surface area contributed by atoms with Gasteiger partial charge < -0.3 is 5.32 Å². The van der Waals surface area contributed by atoms with E-state index in [1.165, 1.54) is 15.6 Å². The highest BCUT2D eigenvalue weighted by molar-refractivity contribution is 7.89. The Hall–Kier alpha value is -3.86. The van der Waals surface area contributed by atoms with Crippen molar-refractivity contribution in [2.45, 2.75) is 38.5 Å². The van der Waals surface area contributed by atoms with Crippen molar-refractivity contribution in [2.75, 3.05) is 18.4 Å². The topological polar surface area (TPSA) is 108 Å². The molecule has 41 heavy (non-hydrogen) atoms. The van der Waals surface area contributed by atoms with Gasteiger partial charge in [-0.05, 0) is 74.6 Å². The van der Waals surface area contributed by atoms with Gasteiger partial charge in [0.1, 0.15) is 0 Å². The van der Waals surface area contributed by atoms with E-state index in [0.29, 0.717) is 40.3 Å². The van der Waals surface area contributed by atoms with Crippen LogP contribution in [0.25, 0.3) is 10.1 Å². The first-order valence-corrected chi connectivity index (χ1v) is 15.7. The smallest absolute Gasteiger partial charge is 0.257 e. The molecule has 1 aliphatic heterocycles. The molecule has 1 aliphatic rings. The maximum absolute atomic E-state index is 13.2. The molecule has 0 radical (unpaired) electrons. The molecule has 1 fully saturated rings. The Bertz CT molecular complexity index is 1740. The van der Waals surface area contributed by atoms with Crippen LogP contribution in [-0.4, -0.2) is 43.3 Å². The van der Waals surface area contributed by atoms with Gasteiger partial charge in [-0.1, -0.05) is 42.5 Å². The number of anilines is 1. The fourth-order valence-corrected chi connectivity index (χ4v) is 7.64. The number of carbonyl (C=O) groups excluding carboxylic acids is 2. The molecule has 10 heteroatoms. The highest BCUT2D eigenvalue weighted by atomic mass is 32.2. The van der Waals surface area contributed by atoms with Gasteiger partial charge >= 0.3 is 0 Å². The van der Waals surface area contributed by atoms with Crippen LogP contribution < -0.4 is 10.7 Å². The van der Waals surface area contributed by atoms with Crippen LogP contribution in [0.15, 0.2) is 82.1 Å². The summed E-state index contributed by atoms with van der Waals surface area (Å²) < 4.78 is 28.9. The van der Waals surface area contributed by atoms with Crippen molar-refractivity contribution in [3.8, 4) is 0 Å². The molecule has 8 nitrogen and oxygen atoms in total. The zero-order valence-electron chi connectivity index (χ0n) is 23.2. The second kappa shape index (κ2) is 11.9. The number of hydrazone groups is 1. The normalized spacial score (nSPS) is 15.1. The molecule has 0 aliphatic carbocycles. The van der Waals surface area contributed by atoms with Gasteiger partial charge in [0.2, 0.25) is 15.9 Å². The lowest BCUT2D eigenvalue weighted by molar-refractivity contribution is -0.126. The molecule has 212 valence electrons. The molecule has 0 saturated carbocycles. The van der Waals surface area contributed by atoms with Crippen molar-refractivity contribution in [1.29, 1.82) is 0 Å². The molecule has 1 saturated heterocycles. The SMILES string of the molecule is C/C(=N/NC(=O)C1CCN(S(=O)(=O)c2cc(C)ccc2C)CC1)c1ccc(NC(=O)c2csc3ccccc23)cc1. The van der Waals surface area contributed by atoms with E-state index in [0.717, 1.165) is 21.2 Å². The number of benzene rings is 3. The number of nitrogens with one attached hydrogen (secondary N) is 2. The van der Waals surface area contributed by atoms with Crippen molar-refractivity contribution in [3.63, 3.8) is 0 Å². The van der Waals surface area contributed by atoms with Crippen LogP contribution in [0, 0.1) is 19.8 Å². The fraction of sp³-hybridized carbons (Fsp3) is 0.258. The Morgan fingerprint density at radius 1 is 0.976 bits per heavy atom. The highest BCUT2D eigenvalue weighted by Crippen LogP contribution is 2.28. The summed E-state index contributed by atoms with van der Waals surface area (Å²) in [5.74, 6) is -0.705. The van der Waals surface area contributed by atoms with Gasteiger partial charge in [0.05, 0.1) is 16.2 Å². The summed E-state index contributed by atoms with van der Waals surface area (Å²) in [7, 11) is -3.61. The molecule has 5 rings (SSSR count). The number of nitrogens with zero attached hydrogens (tertiary/aromatic N) is 2. The summed E-state index contributed by atoms with van der Waals surface area (Å²) in [5, 5.41) is 10.0. The van der Waals surface area contributed by atoms with E-state index in [2.05, 4.69) is 15.8 Å². The van der Waals surface area contributed by atoms with Crippen molar-refractivity contribution in [1.82, 2.24) is 9.73 Å². The second-order valence-electron chi connectivity index (χ2n) is 10.3. The Morgan fingerprint density at radius 2 is 1.68 bits per heavy atom.